The molecule has 0 amide bonds. The summed E-state index contributed by atoms with van der Waals surface area (Å²) in [6, 6.07) is 8.38. The maximum absolute atomic E-state index is 3.33. The second-order valence-electron chi connectivity index (χ2n) is 3.63. The smallest absolute Gasteiger partial charge is 0.0458 e. The van der Waals surface area contributed by atoms with Crippen LogP contribution in [0.25, 0.3) is 10.9 Å². The average Bonchev–Trinajstić information content (AvgIpc) is 2.60. The molecule has 0 aliphatic heterocycles. The van der Waals surface area contributed by atoms with Gasteiger partial charge in [-0.05, 0) is 25.5 Å². The summed E-state index contributed by atoms with van der Waals surface area (Å²) in [6.45, 7) is 12.5. The standard InChI is InChI=1S/C10H11N.C3H8.C2H6/c1-7-8(2)11-10-6-4-3-5-9(7)10;1-3-2;1-2/h3-6,11H,1-2H3;3H2,1-2H3;1-2H3. The summed E-state index contributed by atoms with van der Waals surface area (Å²) in [5.74, 6) is 0. The van der Waals surface area contributed by atoms with Crippen molar-refractivity contribution < 1.29 is 0 Å². The molecular formula is C15H25N. The van der Waals surface area contributed by atoms with Gasteiger partial charge in [0.2, 0.25) is 0 Å². The Kier molecular flexibility index (Phi) is 7.36. The topological polar surface area (TPSA) is 15.8 Å². The summed E-state index contributed by atoms with van der Waals surface area (Å²) in [7, 11) is 0. The fourth-order valence-corrected chi connectivity index (χ4v) is 1.42. The van der Waals surface area contributed by atoms with Crippen LogP contribution in [0.3, 0.4) is 0 Å². The van der Waals surface area contributed by atoms with E-state index in [9.17, 15) is 0 Å². The third-order valence-corrected chi connectivity index (χ3v) is 2.22. The van der Waals surface area contributed by atoms with Crippen molar-refractivity contribution in [1.82, 2.24) is 4.98 Å². The van der Waals surface area contributed by atoms with Crippen molar-refractivity contribution in [3.63, 3.8) is 0 Å². The lowest BCUT2D eigenvalue weighted by molar-refractivity contribution is 1.09. The SMILES string of the molecule is CC.CCC.Cc1[nH]c2ccccc2c1C. The van der Waals surface area contributed by atoms with Crippen molar-refractivity contribution in [1.29, 1.82) is 0 Å². The van der Waals surface area contributed by atoms with Gasteiger partial charge in [0.1, 0.15) is 0 Å². The highest BCUT2D eigenvalue weighted by atomic mass is 14.7. The largest absolute Gasteiger partial charge is 0.358 e. The van der Waals surface area contributed by atoms with Crippen LogP contribution < -0.4 is 0 Å². The van der Waals surface area contributed by atoms with Crippen LogP contribution in [0.1, 0.15) is 45.4 Å². The molecule has 1 heteroatoms. The maximum atomic E-state index is 3.33. The molecular weight excluding hydrogens is 194 g/mol. The number of aryl methyl sites for hydroxylation is 2. The summed E-state index contributed by atoms with van der Waals surface area (Å²) in [5.41, 5.74) is 3.87. The molecule has 0 atom stereocenters. The molecule has 2 rings (SSSR count). The lowest BCUT2D eigenvalue weighted by Crippen LogP contribution is -1.70. The number of fused-ring (bicyclic) bond motifs is 1. The van der Waals surface area contributed by atoms with E-state index in [-0.39, 0.29) is 0 Å². The molecule has 0 unspecified atom stereocenters. The molecule has 0 spiro atoms. The van der Waals surface area contributed by atoms with Gasteiger partial charge in [-0.25, -0.2) is 0 Å². The van der Waals surface area contributed by atoms with Gasteiger partial charge in [-0.1, -0.05) is 52.3 Å². The molecule has 0 fully saturated rings. The first-order valence-corrected chi connectivity index (χ1v) is 6.24. The van der Waals surface area contributed by atoms with Gasteiger partial charge in [-0.2, -0.15) is 0 Å². The van der Waals surface area contributed by atoms with Gasteiger partial charge in [0.05, 0.1) is 0 Å². The number of aromatic nitrogens is 1. The van der Waals surface area contributed by atoms with Crippen LogP contribution >= 0.6 is 0 Å². The average molecular weight is 219 g/mol. The van der Waals surface area contributed by atoms with Crippen molar-refractivity contribution in [2.45, 2.75) is 48.0 Å². The minimum Gasteiger partial charge on any atom is -0.358 e. The highest BCUT2D eigenvalue weighted by Gasteiger charge is 2.00. The van der Waals surface area contributed by atoms with Crippen LogP contribution in [0.5, 0.6) is 0 Å². The van der Waals surface area contributed by atoms with E-state index in [0.717, 1.165) is 0 Å². The van der Waals surface area contributed by atoms with E-state index in [1.54, 1.807) is 0 Å². The number of hydrogen-bond donors (Lipinski definition) is 1. The lowest BCUT2D eigenvalue weighted by Gasteiger charge is -1.87. The van der Waals surface area contributed by atoms with Crippen LogP contribution in [-0.2, 0) is 0 Å². The molecule has 1 aromatic heterocycles. The van der Waals surface area contributed by atoms with Gasteiger partial charge in [0, 0.05) is 16.6 Å². The Bertz CT molecular complexity index is 399. The zero-order valence-corrected chi connectivity index (χ0v) is 11.5. The number of nitrogens with one attached hydrogen (secondary N) is 1. The predicted octanol–water partition coefficient (Wildman–Crippen LogP) is 5.23. The molecule has 1 heterocycles. The molecule has 0 saturated carbocycles. The molecule has 1 aromatic carbocycles. The summed E-state index contributed by atoms with van der Waals surface area (Å²) >= 11 is 0. The Morgan fingerprint density at radius 2 is 1.50 bits per heavy atom. The number of rotatable bonds is 0. The fourth-order valence-electron chi connectivity index (χ4n) is 1.42. The zero-order valence-electron chi connectivity index (χ0n) is 11.5. The first-order valence-electron chi connectivity index (χ1n) is 6.24. The quantitative estimate of drug-likeness (QED) is 0.624. The Morgan fingerprint density at radius 1 is 1.00 bits per heavy atom. The summed E-state index contributed by atoms with van der Waals surface area (Å²) in [4.78, 5) is 3.33. The molecule has 16 heavy (non-hydrogen) atoms. The molecule has 0 bridgehead atoms. The van der Waals surface area contributed by atoms with Crippen molar-refractivity contribution in [2.24, 2.45) is 0 Å². The number of benzene rings is 1. The molecule has 2 aromatic rings. The molecule has 1 N–H and O–H groups in total. The second-order valence-corrected chi connectivity index (χ2v) is 3.63. The Hall–Kier alpha value is -1.24. The number of para-hydroxylation sites is 1. The first-order chi connectivity index (χ1) is 7.70. The van der Waals surface area contributed by atoms with Crippen LogP contribution in [-0.4, -0.2) is 4.98 Å². The van der Waals surface area contributed by atoms with Gasteiger partial charge >= 0.3 is 0 Å². The third kappa shape index (κ3) is 3.73. The Balaban J connectivity index is 0.000000394. The van der Waals surface area contributed by atoms with Gasteiger partial charge in [-0.15, -0.1) is 0 Å². The highest BCUT2D eigenvalue weighted by molar-refractivity contribution is 5.84. The Labute approximate surface area is 99.9 Å². The minimum atomic E-state index is 1.24. The summed E-state index contributed by atoms with van der Waals surface area (Å²) < 4.78 is 0. The van der Waals surface area contributed by atoms with Gasteiger partial charge in [0.25, 0.3) is 0 Å². The molecule has 0 saturated heterocycles. The van der Waals surface area contributed by atoms with E-state index < -0.39 is 0 Å². The summed E-state index contributed by atoms with van der Waals surface area (Å²) in [6.07, 6.45) is 1.25. The molecule has 0 aliphatic carbocycles. The highest BCUT2D eigenvalue weighted by Crippen LogP contribution is 2.19. The van der Waals surface area contributed by atoms with E-state index >= 15 is 0 Å². The third-order valence-electron chi connectivity index (χ3n) is 2.22. The maximum Gasteiger partial charge on any atom is 0.0458 e. The first kappa shape index (κ1) is 14.8. The predicted molar refractivity (Wildman–Crippen MR) is 75.1 cm³/mol. The van der Waals surface area contributed by atoms with E-state index in [2.05, 4.69) is 56.9 Å². The molecule has 1 nitrogen and oxygen atoms in total. The van der Waals surface area contributed by atoms with Gasteiger partial charge < -0.3 is 4.98 Å². The minimum absolute atomic E-state index is 1.24. The second kappa shape index (κ2) is 7.98. The van der Waals surface area contributed by atoms with Crippen molar-refractivity contribution in [3.05, 3.63) is 35.5 Å². The summed E-state index contributed by atoms with van der Waals surface area (Å²) in [5, 5.41) is 1.34. The van der Waals surface area contributed by atoms with Crippen molar-refractivity contribution >= 4 is 10.9 Å². The monoisotopic (exact) mass is 219 g/mol. The normalized spacial score (nSPS) is 8.88. The van der Waals surface area contributed by atoms with E-state index in [0.29, 0.717) is 0 Å². The Morgan fingerprint density at radius 3 is 2.00 bits per heavy atom. The van der Waals surface area contributed by atoms with E-state index in [1.807, 2.05) is 13.8 Å². The fraction of sp³-hybridized carbons (Fsp3) is 0.467. The van der Waals surface area contributed by atoms with Crippen molar-refractivity contribution in [2.75, 3.05) is 0 Å². The number of H-pyrrole nitrogens is 1. The van der Waals surface area contributed by atoms with Crippen LogP contribution in [0, 0.1) is 13.8 Å². The van der Waals surface area contributed by atoms with Gasteiger partial charge in [0.15, 0.2) is 0 Å². The number of aromatic amines is 1. The lowest BCUT2D eigenvalue weighted by atomic mass is 10.2. The van der Waals surface area contributed by atoms with Crippen LogP contribution in [0.4, 0.5) is 0 Å². The van der Waals surface area contributed by atoms with Gasteiger partial charge in [-0.3, -0.25) is 0 Å². The van der Waals surface area contributed by atoms with Crippen molar-refractivity contribution in [3.8, 4) is 0 Å². The molecule has 0 radical (unpaired) electrons. The van der Waals surface area contributed by atoms with Crippen LogP contribution in [0.15, 0.2) is 24.3 Å². The van der Waals surface area contributed by atoms with E-state index in [1.165, 1.54) is 28.6 Å². The molecule has 90 valence electrons. The van der Waals surface area contributed by atoms with Crippen LogP contribution in [0.2, 0.25) is 0 Å². The van der Waals surface area contributed by atoms with E-state index in [4.69, 9.17) is 0 Å². The molecule has 0 aliphatic rings. The number of hydrogen-bond acceptors (Lipinski definition) is 0. The zero-order chi connectivity index (χ0) is 12.6.